The van der Waals surface area contributed by atoms with Crippen molar-refractivity contribution in [3.05, 3.63) is 29.6 Å². The van der Waals surface area contributed by atoms with Crippen molar-refractivity contribution in [2.75, 3.05) is 27.2 Å². The van der Waals surface area contributed by atoms with Crippen LogP contribution in [0.5, 0.6) is 0 Å². The van der Waals surface area contributed by atoms with Crippen molar-refractivity contribution in [2.24, 2.45) is 0 Å². The molecule has 0 N–H and O–H groups in total. The smallest absolute Gasteiger partial charge is 0.339 e. The van der Waals surface area contributed by atoms with Gasteiger partial charge in [0, 0.05) is 18.0 Å². The highest BCUT2D eigenvalue weighted by molar-refractivity contribution is 5.89. The van der Waals surface area contributed by atoms with Crippen molar-refractivity contribution in [3.63, 3.8) is 0 Å². The molecule has 17 heavy (non-hydrogen) atoms. The molecule has 0 aliphatic carbocycles. The van der Waals surface area contributed by atoms with Gasteiger partial charge < -0.3 is 4.74 Å². The Labute approximate surface area is 102 Å². The number of aromatic nitrogens is 1. The van der Waals surface area contributed by atoms with Crippen LogP contribution in [0.3, 0.4) is 0 Å². The Morgan fingerprint density at radius 2 is 2.24 bits per heavy atom. The van der Waals surface area contributed by atoms with E-state index in [1.165, 1.54) is 6.20 Å². The van der Waals surface area contributed by atoms with E-state index in [4.69, 9.17) is 4.74 Å². The summed E-state index contributed by atoms with van der Waals surface area (Å²) in [6.45, 7) is 2.80. The first kappa shape index (κ1) is 13.2. The maximum atomic E-state index is 11.5. The molecule has 4 heteroatoms. The normalized spacial score (nSPS) is 9.65. The molecule has 90 valence electrons. The van der Waals surface area contributed by atoms with Crippen LogP contribution in [0.15, 0.2) is 18.5 Å². The molecular weight excluding hydrogens is 216 g/mol. The third-order valence-electron chi connectivity index (χ3n) is 1.88. The fraction of sp³-hybridized carbons (Fsp3) is 0.385. The van der Waals surface area contributed by atoms with Gasteiger partial charge in [-0.1, -0.05) is 11.8 Å². The highest BCUT2D eigenvalue weighted by Gasteiger charge is 2.06. The molecule has 0 aromatic carbocycles. The van der Waals surface area contributed by atoms with Gasteiger partial charge in [0.05, 0.1) is 18.7 Å². The lowest BCUT2D eigenvalue weighted by atomic mass is 10.2. The predicted molar refractivity (Wildman–Crippen MR) is 65.6 cm³/mol. The van der Waals surface area contributed by atoms with Crippen LogP contribution >= 0.6 is 0 Å². The summed E-state index contributed by atoms with van der Waals surface area (Å²) in [6.07, 6.45) is 3.11. The number of esters is 1. The van der Waals surface area contributed by atoms with Gasteiger partial charge in [0.25, 0.3) is 0 Å². The fourth-order valence-electron chi connectivity index (χ4n) is 1.13. The lowest BCUT2D eigenvalue weighted by Crippen LogP contribution is -2.10. The van der Waals surface area contributed by atoms with Crippen LogP contribution < -0.4 is 0 Å². The number of nitrogens with zero attached hydrogens (tertiary/aromatic N) is 2. The SMILES string of the molecule is CCOC(=O)c1cncc(C#CCN(C)C)c1. The molecule has 1 heterocycles. The summed E-state index contributed by atoms with van der Waals surface area (Å²) < 4.78 is 4.89. The Balaban J connectivity index is 2.77. The topological polar surface area (TPSA) is 42.4 Å². The maximum Gasteiger partial charge on any atom is 0.339 e. The van der Waals surface area contributed by atoms with Crippen LogP contribution in [-0.4, -0.2) is 43.1 Å². The van der Waals surface area contributed by atoms with Crippen LogP contribution in [0, 0.1) is 11.8 Å². The second kappa shape index (κ2) is 6.66. The molecule has 1 rings (SSSR count). The molecule has 0 aliphatic rings. The minimum atomic E-state index is -0.365. The summed E-state index contributed by atoms with van der Waals surface area (Å²) in [4.78, 5) is 17.4. The number of rotatable bonds is 3. The first-order chi connectivity index (χ1) is 8.13. The predicted octanol–water partition coefficient (Wildman–Crippen LogP) is 1.17. The van der Waals surface area contributed by atoms with Gasteiger partial charge in [-0.05, 0) is 27.1 Å². The van der Waals surface area contributed by atoms with Crippen LogP contribution in [0.2, 0.25) is 0 Å². The van der Waals surface area contributed by atoms with E-state index in [9.17, 15) is 4.79 Å². The maximum absolute atomic E-state index is 11.5. The molecule has 0 fully saturated rings. The quantitative estimate of drug-likeness (QED) is 0.579. The van der Waals surface area contributed by atoms with Crippen molar-refractivity contribution in [3.8, 4) is 11.8 Å². The van der Waals surface area contributed by atoms with E-state index in [1.807, 2.05) is 19.0 Å². The van der Waals surface area contributed by atoms with Crippen molar-refractivity contribution in [1.82, 2.24) is 9.88 Å². The lowest BCUT2D eigenvalue weighted by Gasteiger charge is -2.02. The van der Waals surface area contributed by atoms with Crippen molar-refractivity contribution in [2.45, 2.75) is 6.92 Å². The summed E-state index contributed by atoms with van der Waals surface area (Å²) >= 11 is 0. The molecule has 0 aliphatic heterocycles. The van der Waals surface area contributed by atoms with Crippen LogP contribution in [-0.2, 0) is 4.74 Å². The number of pyridine rings is 1. The highest BCUT2D eigenvalue weighted by Crippen LogP contribution is 2.03. The van der Waals surface area contributed by atoms with E-state index in [1.54, 1.807) is 19.2 Å². The van der Waals surface area contributed by atoms with E-state index in [0.29, 0.717) is 18.7 Å². The molecule has 0 bridgehead atoms. The second-order valence-corrected chi connectivity index (χ2v) is 3.72. The standard InChI is InChI=1S/C13H16N2O2/c1-4-17-13(16)12-8-11(9-14-10-12)6-5-7-15(2)3/h8-10H,4,7H2,1-3H3. The Morgan fingerprint density at radius 3 is 2.88 bits per heavy atom. The Hall–Kier alpha value is -1.86. The van der Waals surface area contributed by atoms with Crippen LogP contribution in [0.25, 0.3) is 0 Å². The minimum Gasteiger partial charge on any atom is -0.462 e. The highest BCUT2D eigenvalue weighted by atomic mass is 16.5. The minimum absolute atomic E-state index is 0.357. The van der Waals surface area contributed by atoms with Crippen LogP contribution in [0.4, 0.5) is 0 Å². The monoisotopic (exact) mass is 232 g/mol. The largest absolute Gasteiger partial charge is 0.462 e. The molecule has 0 amide bonds. The summed E-state index contributed by atoms with van der Waals surface area (Å²) in [5, 5.41) is 0. The van der Waals surface area contributed by atoms with Crippen molar-refractivity contribution in [1.29, 1.82) is 0 Å². The van der Waals surface area contributed by atoms with E-state index < -0.39 is 0 Å². The third kappa shape index (κ3) is 4.66. The average Bonchev–Trinajstić information content (AvgIpc) is 2.29. The lowest BCUT2D eigenvalue weighted by molar-refractivity contribution is 0.0526. The second-order valence-electron chi connectivity index (χ2n) is 3.72. The van der Waals surface area contributed by atoms with E-state index >= 15 is 0 Å². The molecule has 1 aromatic rings. The van der Waals surface area contributed by atoms with Gasteiger partial charge in [0.15, 0.2) is 0 Å². The Morgan fingerprint density at radius 1 is 1.47 bits per heavy atom. The molecule has 4 nitrogen and oxygen atoms in total. The summed E-state index contributed by atoms with van der Waals surface area (Å²) in [6, 6.07) is 1.69. The first-order valence-electron chi connectivity index (χ1n) is 5.39. The summed E-state index contributed by atoms with van der Waals surface area (Å²) in [7, 11) is 3.89. The number of carbonyl (C=O) groups excluding carboxylic acids is 1. The molecule has 0 saturated heterocycles. The van der Waals surface area contributed by atoms with Gasteiger partial charge >= 0.3 is 5.97 Å². The van der Waals surface area contributed by atoms with Crippen molar-refractivity contribution >= 4 is 5.97 Å². The number of ether oxygens (including phenoxy) is 1. The zero-order valence-electron chi connectivity index (χ0n) is 10.4. The summed E-state index contributed by atoms with van der Waals surface area (Å²) in [5.74, 6) is 5.57. The van der Waals surface area contributed by atoms with Gasteiger partial charge in [-0.2, -0.15) is 0 Å². The van der Waals surface area contributed by atoms with Crippen molar-refractivity contribution < 1.29 is 9.53 Å². The van der Waals surface area contributed by atoms with E-state index in [0.717, 1.165) is 5.56 Å². The van der Waals surface area contributed by atoms with E-state index in [2.05, 4.69) is 16.8 Å². The Bertz CT molecular complexity index is 444. The average molecular weight is 232 g/mol. The fourth-order valence-corrected chi connectivity index (χ4v) is 1.13. The zero-order valence-corrected chi connectivity index (χ0v) is 10.4. The molecule has 0 atom stereocenters. The van der Waals surface area contributed by atoms with Crippen LogP contribution in [0.1, 0.15) is 22.8 Å². The van der Waals surface area contributed by atoms with Gasteiger partial charge in [0.1, 0.15) is 0 Å². The molecule has 0 saturated carbocycles. The van der Waals surface area contributed by atoms with Gasteiger partial charge in [-0.25, -0.2) is 4.79 Å². The van der Waals surface area contributed by atoms with Gasteiger partial charge in [-0.15, -0.1) is 0 Å². The molecule has 0 unspecified atom stereocenters. The summed E-state index contributed by atoms with van der Waals surface area (Å²) in [5.41, 5.74) is 1.15. The third-order valence-corrected chi connectivity index (χ3v) is 1.88. The molecule has 1 aromatic heterocycles. The van der Waals surface area contributed by atoms with E-state index in [-0.39, 0.29) is 5.97 Å². The van der Waals surface area contributed by atoms with Gasteiger partial charge in [-0.3, -0.25) is 9.88 Å². The number of hydrogen-bond donors (Lipinski definition) is 0. The zero-order chi connectivity index (χ0) is 12.7. The number of hydrogen-bond acceptors (Lipinski definition) is 4. The molecular formula is C13H16N2O2. The molecule has 0 spiro atoms. The number of carbonyl (C=O) groups is 1. The molecule has 0 radical (unpaired) electrons. The van der Waals surface area contributed by atoms with Gasteiger partial charge in [0.2, 0.25) is 0 Å². The Kier molecular flexibility index (Phi) is 5.18. The first-order valence-corrected chi connectivity index (χ1v) is 5.39.